The highest BCUT2D eigenvalue weighted by Crippen LogP contribution is 2.13. The van der Waals surface area contributed by atoms with Crippen LogP contribution in [-0.4, -0.2) is 27.2 Å². The van der Waals surface area contributed by atoms with Crippen LogP contribution in [0.5, 0.6) is 0 Å². The topological polar surface area (TPSA) is 85.8 Å². The molecule has 1 aromatic rings. The molecule has 100 valence electrons. The predicted molar refractivity (Wildman–Crippen MR) is 67.7 cm³/mol. The number of hydrogen-bond donors (Lipinski definition) is 2. The smallest absolute Gasteiger partial charge is 0.217 e. The molecule has 0 fully saturated rings. The van der Waals surface area contributed by atoms with Gasteiger partial charge in [-0.3, -0.25) is 4.79 Å². The average Bonchev–Trinajstić information content (AvgIpc) is 2.77. The van der Waals surface area contributed by atoms with E-state index in [2.05, 4.69) is 20.1 Å². The first-order valence-electron chi connectivity index (χ1n) is 6.67. The lowest BCUT2D eigenvalue weighted by molar-refractivity contribution is -0.118. The van der Waals surface area contributed by atoms with E-state index in [0.29, 0.717) is 6.42 Å². The summed E-state index contributed by atoms with van der Waals surface area (Å²) in [6, 6.07) is 0. The molecule has 1 aliphatic rings. The fraction of sp³-hybridized carbons (Fsp3) is 0.750. The number of fused-ring (bicyclic) bond motifs is 1. The molecule has 0 radical (unpaired) electrons. The molecule has 1 amide bonds. The Morgan fingerprint density at radius 1 is 1.33 bits per heavy atom. The fourth-order valence-corrected chi connectivity index (χ4v) is 2.25. The van der Waals surface area contributed by atoms with Crippen molar-refractivity contribution in [2.24, 2.45) is 5.73 Å². The van der Waals surface area contributed by atoms with Crippen molar-refractivity contribution < 1.29 is 4.79 Å². The monoisotopic (exact) mass is 251 g/mol. The Bertz CT molecular complexity index is 401. The van der Waals surface area contributed by atoms with Gasteiger partial charge in [-0.15, -0.1) is 10.2 Å². The second-order valence-electron chi connectivity index (χ2n) is 4.74. The molecule has 2 rings (SSSR count). The van der Waals surface area contributed by atoms with Gasteiger partial charge in [-0.2, -0.15) is 0 Å². The Labute approximate surface area is 107 Å². The van der Waals surface area contributed by atoms with Gasteiger partial charge in [0.15, 0.2) is 0 Å². The van der Waals surface area contributed by atoms with Crippen LogP contribution < -0.4 is 11.1 Å². The Morgan fingerprint density at radius 3 is 3.06 bits per heavy atom. The standard InChI is InChI=1S/C12H21N5O/c13-10(18)5-1-3-7-14-9-12-16-15-11-6-2-4-8-17(11)12/h14H,1-9H2,(H2,13,18). The van der Waals surface area contributed by atoms with Gasteiger partial charge < -0.3 is 15.6 Å². The van der Waals surface area contributed by atoms with E-state index in [1.54, 1.807) is 0 Å². The third kappa shape index (κ3) is 3.53. The zero-order valence-corrected chi connectivity index (χ0v) is 10.7. The lowest BCUT2D eigenvalue weighted by Gasteiger charge is -2.14. The first-order chi connectivity index (χ1) is 8.77. The number of rotatable bonds is 7. The molecular formula is C12H21N5O. The summed E-state index contributed by atoms with van der Waals surface area (Å²) in [5.41, 5.74) is 5.08. The van der Waals surface area contributed by atoms with E-state index < -0.39 is 0 Å². The summed E-state index contributed by atoms with van der Waals surface area (Å²) in [5, 5.41) is 11.8. The van der Waals surface area contributed by atoms with E-state index in [1.807, 2.05) is 0 Å². The third-order valence-corrected chi connectivity index (χ3v) is 3.25. The maximum Gasteiger partial charge on any atom is 0.217 e. The van der Waals surface area contributed by atoms with Gasteiger partial charge in [-0.1, -0.05) is 0 Å². The van der Waals surface area contributed by atoms with E-state index in [9.17, 15) is 4.79 Å². The van der Waals surface area contributed by atoms with Crippen LogP contribution in [0.15, 0.2) is 0 Å². The number of hydrogen-bond acceptors (Lipinski definition) is 4. The van der Waals surface area contributed by atoms with Gasteiger partial charge in [-0.25, -0.2) is 0 Å². The molecule has 0 spiro atoms. The summed E-state index contributed by atoms with van der Waals surface area (Å²) < 4.78 is 2.22. The minimum Gasteiger partial charge on any atom is -0.370 e. The van der Waals surface area contributed by atoms with Crippen molar-refractivity contribution >= 4 is 5.91 Å². The van der Waals surface area contributed by atoms with Gasteiger partial charge in [-0.05, 0) is 32.2 Å². The highest BCUT2D eigenvalue weighted by atomic mass is 16.1. The van der Waals surface area contributed by atoms with Crippen LogP contribution in [0.2, 0.25) is 0 Å². The SMILES string of the molecule is NC(=O)CCCCNCc1nnc2n1CCCC2. The number of nitrogens with zero attached hydrogens (tertiary/aromatic N) is 3. The molecule has 0 atom stereocenters. The molecule has 3 N–H and O–H groups in total. The summed E-state index contributed by atoms with van der Waals surface area (Å²) in [5.74, 6) is 1.92. The lowest BCUT2D eigenvalue weighted by atomic mass is 10.2. The van der Waals surface area contributed by atoms with E-state index in [0.717, 1.165) is 50.5 Å². The van der Waals surface area contributed by atoms with Gasteiger partial charge in [0.2, 0.25) is 5.91 Å². The number of nitrogens with two attached hydrogens (primary N) is 1. The number of carbonyl (C=O) groups is 1. The second kappa shape index (κ2) is 6.49. The number of primary amides is 1. The Kier molecular flexibility index (Phi) is 4.69. The van der Waals surface area contributed by atoms with Crippen LogP contribution in [0.4, 0.5) is 0 Å². The van der Waals surface area contributed by atoms with Crippen LogP contribution >= 0.6 is 0 Å². The summed E-state index contributed by atoms with van der Waals surface area (Å²) in [4.78, 5) is 10.6. The zero-order valence-electron chi connectivity index (χ0n) is 10.7. The molecule has 2 heterocycles. The summed E-state index contributed by atoms with van der Waals surface area (Å²) in [7, 11) is 0. The summed E-state index contributed by atoms with van der Waals surface area (Å²) in [6.07, 6.45) is 5.77. The van der Waals surface area contributed by atoms with Gasteiger partial charge in [0, 0.05) is 19.4 Å². The first-order valence-corrected chi connectivity index (χ1v) is 6.67. The molecule has 1 aromatic heterocycles. The van der Waals surface area contributed by atoms with E-state index in [-0.39, 0.29) is 5.91 Å². The zero-order chi connectivity index (χ0) is 12.8. The average molecular weight is 251 g/mol. The minimum atomic E-state index is -0.221. The maximum atomic E-state index is 10.6. The van der Waals surface area contributed by atoms with Crippen molar-refractivity contribution in [3.8, 4) is 0 Å². The Morgan fingerprint density at radius 2 is 2.22 bits per heavy atom. The number of carbonyl (C=O) groups excluding carboxylic acids is 1. The predicted octanol–water partition coefficient (Wildman–Crippen LogP) is 0.360. The molecule has 6 heteroatoms. The highest BCUT2D eigenvalue weighted by Gasteiger charge is 2.14. The van der Waals surface area contributed by atoms with Crippen LogP contribution in [0.3, 0.4) is 0 Å². The van der Waals surface area contributed by atoms with Crippen molar-refractivity contribution in [3.05, 3.63) is 11.6 Å². The third-order valence-electron chi connectivity index (χ3n) is 3.25. The van der Waals surface area contributed by atoms with Crippen LogP contribution in [0.25, 0.3) is 0 Å². The minimum absolute atomic E-state index is 0.221. The molecule has 0 saturated carbocycles. The van der Waals surface area contributed by atoms with Crippen molar-refractivity contribution in [1.82, 2.24) is 20.1 Å². The van der Waals surface area contributed by atoms with Gasteiger partial charge in [0.05, 0.1) is 6.54 Å². The van der Waals surface area contributed by atoms with Crippen LogP contribution in [0.1, 0.15) is 43.8 Å². The van der Waals surface area contributed by atoms with Gasteiger partial charge in [0.25, 0.3) is 0 Å². The number of aromatic nitrogens is 3. The Hall–Kier alpha value is -1.43. The molecular weight excluding hydrogens is 230 g/mol. The number of unbranched alkanes of at least 4 members (excludes halogenated alkanes) is 1. The molecule has 6 nitrogen and oxygen atoms in total. The lowest BCUT2D eigenvalue weighted by Crippen LogP contribution is -2.21. The first kappa shape index (κ1) is 13.0. The van der Waals surface area contributed by atoms with Gasteiger partial charge >= 0.3 is 0 Å². The molecule has 0 aromatic carbocycles. The maximum absolute atomic E-state index is 10.6. The molecule has 1 aliphatic heterocycles. The van der Waals surface area contributed by atoms with E-state index in [4.69, 9.17) is 5.73 Å². The molecule has 0 saturated heterocycles. The molecule has 0 aliphatic carbocycles. The van der Waals surface area contributed by atoms with Gasteiger partial charge in [0.1, 0.15) is 11.6 Å². The van der Waals surface area contributed by atoms with Crippen molar-refractivity contribution in [3.63, 3.8) is 0 Å². The quantitative estimate of drug-likeness (QED) is 0.685. The van der Waals surface area contributed by atoms with Crippen molar-refractivity contribution in [2.45, 2.75) is 51.6 Å². The van der Waals surface area contributed by atoms with Crippen molar-refractivity contribution in [2.75, 3.05) is 6.54 Å². The number of nitrogens with one attached hydrogen (secondary N) is 1. The van der Waals surface area contributed by atoms with Crippen LogP contribution in [-0.2, 0) is 24.3 Å². The second-order valence-corrected chi connectivity index (χ2v) is 4.74. The molecule has 0 unspecified atom stereocenters. The van der Waals surface area contributed by atoms with Crippen LogP contribution in [0, 0.1) is 0 Å². The van der Waals surface area contributed by atoms with E-state index >= 15 is 0 Å². The highest BCUT2D eigenvalue weighted by molar-refractivity contribution is 5.73. The van der Waals surface area contributed by atoms with Crippen molar-refractivity contribution in [1.29, 1.82) is 0 Å². The molecule has 0 bridgehead atoms. The fourth-order valence-electron chi connectivity index (χ4n) is 2.25. The normalized spacial score (nSPS) is 14.4. The van der Waals surface area contributed by atoms with E-state index in [1.165, 1.54) is 12.8 Å². The largest absolute Gasteiger partial charge is 0.370 e. The summed E-state index contributed by atoms with van der Waals surface area (Å²) in [6.45, 7) is 2.68. The number of aryl methyl sites for hydroxylation is 1. The Balaban J connectivity index is 1.67. The summed E-state index contributed by atoms with van der Waals surface area (Å²) >= 11 is 0. The number of amides is 1. The molecule has 18 heavy (non-hydrogen) atoms.